The second-order valence-electron chi connectivity index (χ2n) is 5.94. The van der Waals surface area contributed by atoms with Gasteiger partial charge in [0.1, 0.15) is 0 Å². The number of hydrogen-bond acceptors (Lipinski definition) is 3. The van der Waals surface area contributed by atoms with Crippen LogP contribution in [-0.2, 0) is 13.9 Å². The summed E-state index contributed by atoms with van der Waals surface area (Å²) in [5, 5.41) is 0. The Kier molecular flexibility index (Phi) is 11.2. The zero-order valence-electron chi connectivity index (χ0n) is 14.6. The van der Waals surface area contributed by atoms with Gasteiger partial charge < -0.3 is 9.80 Å². The fourth-order valence-corrected chi connectivity index (χ4v) is 2.52. The van der Waals surface area contributed by atoms with E-state index in [0.717, 1.165) is 0 Å². The van der Waals surface area contributed by atoms with Gasteiger partial charge in [0.2, 0.25) is 0 Å². The van der Waals surface area contributed by atoms with Crippen molar-refractivity contribution in [2.75, 3.05) is 0 Å². The molecule has 0 saturated carbocycles. The fraction of sp³-hybridized carbons (Fsp3) is 0.444. The summed E-state index contributed by atoms with van der Waals surface area (Å²) < 4.78 is 0. The summed E-state index contributed by atoms with van der Waals surface area (Å²) in [6, 6.07) is 6.80. The number of allylic oxidation sites excluding steroid dienone is 2. The first-order chi connectivity index (χ1) is 11.5. The molecule has 1 saturated heterocycles. The van der Waals surface area contributed by atoms with Crippen molar-refractivity contribution in [1.29, 1.82) is 0 Å². The molecule has 3 nitrogen and oxygen atoms in total. The van der Waals surface area contributed by atoms with E-state index in [1.807, 2.05) is 18.2 Å². The molecule has 1 aromatic rings. The maximum Gasteiger partial charge on any atom is 0.0267 e. The van der Waals surface area contributed by atoms with E-state index in [4.69, 9.17) is 0 Å². The molecule has 2 aliphatic rings. The monoisotopic (exact) mass is 548 g/mol. The average Bonchev–Trinajstić information content (AvgIpc) is 2.98. The Bertz CT molecular complexity index is 462. The molecule has 1 aliphatic carbocycles. The maximum absolute atomic E-state index is 3.78. The number of hydrogen-bond donors (Lipinski definition) is 0. The Morgan fingerprint density at radius 1 is 0.917 bits per heavy atom. The molecule has 0 bridgehead atoms. The summed E-state index contributed by atoms with van der Waals surface area (Å²) in [5.74, 6) is 0. The van der Waals surface area contributed by atoms with Crippen LogP contribution in [0.1, 0.15) is 40.5 Å². The smallest absolute Gasteiger partial charge is 0.0267 e. The van der Waals surface area contributed by atoms with Crippen LogP contribution in [0.2, 0.25) is 0 Å². The standard InChI is InChI=1S/C13H21N2.C5H5N.2BrH.Pd/c1-10(2)14-9-15(11(3)4)13-8-6-5-7-12(13)14;1-2-4-6-5-3-1;;;/h7-11H,5-6H2,1-4H3;1-5H;2*1H;/q-1;;;;+2/p-2. The second-order valence-corrected chi connectivity index (χ2v) is 13.1. The largest absolute Gasteiger partial charge is 0.265 e. The molecule has 138 valence electrons. The molecule has 0 amide bonds. The van der Waals surface area contributed by atoms with Crippen molar-refractivity contribution >= 4 is 26.9 Å². The Morgan fingerprint density at radius 2 is 1.33 bits per heavy atom. The Hall–Kier alpha value is -0.148. The van der Waals surface area contributed by atoms with Crippen LogP contribution < -0.4 is 0 Å². The van der Waals surface area contributed by atoms with E-state index in [-0.39, 0.29) is 0 Å². The minimum absolute atomic E-state index is 0.543. The molecule has 1 aromatic heterocycles. The predicted molar refractivity (Wildman–Crippen MR) is 106 cm³/mol. The first kappa shape index (κ1) is 21.9. The molecule has 3 rings (SSSR count). The third-order valence-corrected chi connectivity index (χ3v) is 3.59. The molecule has 0 spiro atoms. The van der Waals surface area contributed by atoms with Gasteiger partial charge in [-0.3, -0.25) is 4.98 Å². The quantitative estimate of drug-likeness (QED) is 0.339. The average molecular weight is 551 g/mol. The normalized spacial score (nSPS) is 16.0. The van der Waals surface area contributed by atoms with Crippen molar-refractivity contribution < 1.29 is 13.9 Å². The third kappa shape index (κ3) is 7.00. The SMILES string of the molecule is CC(C)N1[CH-]N(C(C)C)C2=CCCC=C21.[Br][Pd][Br].c1ccncc1. The van der Waals surface area contributed by atoms with E-state index in [9.17, 15) is 0 Å². The number of pyridine rings is 1. The van der Waals surface area contributed by atoms with Crippen LogP contribution in [-0.4, -0.2) is 26.9 Å². The van der Waals surface area contributed by atoms with Gasteiger partial charge in [-0.05, 0) is 64.8 Å². The van der Waals surface area contributed by atoms with Crippen molar-refractivity contribution in [3.63, 3.8) is 0 Å². The summed E-state index contributed by atoms with van der Waals surface area (Å²) in [7, 11) is 0. The van der Waals surface area contributed by atoms with Gasteiger partial charge in [-0.1, -0.05) is 18.2 Å². The summed E-state index contributed by atoms with van der Waals surface area (Å²) in [6.07, 6.45) is 10.6. The zero-order valence-corrected chi connectivity index (χ0v) is 19.3. The van der Waals surface area contributed by atoms with Crippen LogP contribution in [0.15, 0.2) is 54.1 Å². The van der Waals surface area contributed by atoms with E-state index in [1.54, 1.807) is 12.4 Å². The second kappa shape index (κ2) is 12.2. The topological polar surface area (TPSA) is 19.4 Å². The Morgan fingerprint density at radius 3 is 1.58 bits per heavy atom. The van der Waals surface area contributed by atoms with Gasteiger partial charge >= 0.3 is 40.8 Å². The Labute approximate surface area is 168 Å². The third-order valence-electron chi connectivity index (χ3n) is 3.59. The van der Waals surface area contributed by atoms with Gasteiger partial charge in [-0.2, -0.15) is 6.67 Å². The number of halogens is 2. The van der Waals surface area contributed by atoms with Crippen LogP contribution in [0.3, 0.4) is 0 Å². The minimum atomic E-state index is 0.543. The molecular formula is C18H26Br2N3Pd-. The van der Waals surface area contributed by atoms with Crippen molar-refractivity contribution in [2.24, 2.45) is 0 Å². The van der Waals surface area contributed by atoms with Crippen molar-refractivity contribution in [1.82, 2.24) is 14.8 Å². The molecule has 24 heavy (non-hydrogen) atoms. The zero-order chi connectivity index (χ0) is 17.9. The molecule has 0 N–H and O–H groups in total. The first-order valence-electron chi connectivity index (χ1n) is 8.02. The van der Waals surface area contributed by atoms with Gasteiger partial charge in [0.05, 0.1) is 0 Å². The van der Waals surface area contributed by atoms with E-state index >= 15 is 0 Å². The number of aromatic nitrogens is 1. The molecule has 2 heterocycles. The fourth-order valence-electron chi connectivity index (χ4n) is 2.52. The number of nitrogens with zero attached hydrogens (tertiary/aromatic N) is 3. The molecule has 6 heteroatoms. The van der Waals surface area contributed by atoms with Crippen LogP contribution in [0.5, 0.6) is 0 Å². The van der Waals surface area contributed by atoms with Crippen molar-refractivity contribution in [3.05, 3.63) is 60.8 Å². The number of rotatable bonds is 2. The van der Waals surface area contributed by atoms with Gasteiger partial charge in [-0.25, -0.2) is 0 Å². The van der Waals surface area contributed by atoms with E-state index < -0.39 is 0 Å². The molecule has 0 unspecified atom stereocenters. The molecular weight excluding hydrogens is 524 g/mol. The summed E-state index contributed by atoms with van der Waals surface area (Å²) in [6.45, 7) is 11.2. The van der Waals surface area contributed by atoms with Crippen LogP contribution >= 0.6 is 26.9 Å². The van der Waals surface area contributed by atoms with Crippen LogP contribution in [0.25, 0.3) is 0 Å². The van der Waals surface area contributed by atoms with Crippen molar-refractivity contribution in [3.8, 4) is 0 Å². The van der Waals surface area contributed by atoms with Gasteiger partial charge in [0.25, 0.3) is 0 Å². The summed E-state index contributed by atoms with van der Waals surface area (Å²) >= 11 is 6.80. The van der Waals surface area contributed by atoms with Gasteiger partial charge in [0, 0.05) is 23.8 Å². The molecule has 0 aromatic carbocycles. The molecule has 0 radical (unpaired) electrons. The first-order valence-corrected chi connectivity index (χ1v) is 15.1. The summed E-state index contributed by atoms with van der Waals surface area (Å²) in [5.41, 5.74) is 2.81. The Balaban J connectivity index is 0.000000265. The van der Waals surface area contributed by atoms with Gasteiger partial charge in [-0.15, -0.1) is 0 Å². The van der Waals surface area contributed by atoms with Crippen LogP contribution in [0.4, 0.5) is 0 Å². The molecule has 0 atom stereocenters. The van der Waals surface area contributed by atoms with E-state index in [0.29, 0.717) is 26.0 Å². The van der Waals surface area contributed by atoms with Gasteiger partial charge in [0.15, 0.2) is 0 Å². The molecule has 1 fully saturated rings. The van der Waals surface area contributed by atoms with E-state index in [1.165, 1.54) is 24.2 Å². The number of fused-ring (bicyclic) bond motifs is 1. The predicted octanol–water partition coefficient (Wildman–Crippen LogP) is 5.87. The summed E-state index contributed by atoms with van der Waals surface area (Å²) in [4.78, 5) is 8.54. The maximum atomic E-state index is 3.78. The molecule has 1 aliphatic heterocycles. The van der Waals surface area contributed by atoms with Crippen molar-refractivity contribution in [2.45, 2.75) is 52.6 Å². The van der Waals surface area contributed by atoms with E-state index in [2.05, 4.69) is 88.2 Å². The van der Waals surface area contributed by atoms with Crippen LogP contribution in [0, 0.1) is 6.67 Å². The minimum Gasteiger partial charge on any atom is -0.265 e.